The summed E-state index contributed by atoms with van der Waals surface area (Å²) < 4.78 is 10.1. The van der Waals surface area contributed by atoms with Gasteiger partial charge in [0.25, 0.3) is 0 Å². The summed E-state index contributed by atoms with van der Waals surface area (Å²) in [5.41, 5.74) is 1.26. The van der Waals surface area contributed by atoms with Crippen molar-refractivity contribution in [2.45, 2.75) is 12.5 Å². The van der Waals surface area contributed by atoms with E-state index in [1.165, 1.54) is 12.7 Å². The Balaban J connectivity index is 1.81. The first-order valence-electron chi connectivity index (χ1n) is 6.10. The highest BCUT2D eigenvalue weighted by Gasteiger charge is 2.26. The van der Waals surface area contributed by atoms with Crippen LogP contribution in [0.2, 0.25) is 0 Å². The maximum Gasteiger partial charge on any atom is 0.336 e. The van der Waals surface area contributed by atoms with E-state index in [0.29, 0.717) is 13.2 Å². The summed E-state index contributed by atoms with van der Waals surface area (Å²) in [4.78, 5) is 17.6. The SMILES string of the molecule is COC(=O)C1CN(CCc2ccncc2)CCO1. The van der Waals surface area contributed by atoms with Crippen molar-refractivity contribution in [3.8, 4) is 0 Å². The zero-order valence-electron chi connectivity index (χ0n) is 10.5. The van der Waals surface area contributed by atoms with E-state index in [4.69, 9.17) is 9.47 Å². The first kappa shape index (κ1) is 13.0. The van der Waals surface area contributed by atoms with E-state index >= 15 is 0 Å². The Morgan fingerprint density at radius 3 is 3.06 bits per heavy atom. The number of carbonyl (C=O) groups excluding carboxylic acids is 1. The van der Waals surface area contributed by atoms with Gasteiger partial charge in [0.05, 0.1) is 13.7 Å². The fourth-order valence-electron chi connectivity index (χ4n) is 2.02. The van der Waals surface area contributed by atoms with Crippen LogP contribution in [0, 0.1) is 0 Å². The van der Waals surface area contributed by atoms with E-state index in [-0.39, 0.29) is 5.97 Å². The molecule has 0 amide bonds. The second-order valence-electron chi connectivity index (χ2n) is 4.29. The molecule has 0 aliphatic carbocycles. The minimum Gasteiger partial charge on any atom is -0.467 e. The maximum atomic E-state index is 11.4. The van der Waals surface area contributed by atoms with Gasteiger partial charge in [-0.05, 0) is 24.1 Å². The van der Waals surface area contributed by atoms with E-state index < -0.39 is 6.10 Å². The molecule has 1 fully saturated rings. The van der Waals surface area contributed by atoms with Crippen LogP contribution in [0.5, 0.6) is 0 Å². The molecule has 18 heavy (non-hydrogen) atoms. The summed E-state index contributed by atoms with van der Waals surface area (Å²) in [7, 11) is 1.39. The van der Waals surface area contributed by atoms with Crippen molar-refractivity contribution in [2.24, 2.45) is 0 Å². The van der Waals surface area contributed by atoms with E-state index in [2.05, 4.69) is 9.88 Å². The van der Waals surface area contributed by atoms with E-state index in [9.17, 15) is 4.79 Å². The van der Waals surface area contributed by atoms with Crippen molar-refractivity contribution in [3.05, 3.63) is 30.1 Å². The lowest BCUT2D eigenvalue weighted by Crippen LogP contribution is -2.47. The Morgan fingerprint density at radius 2 is 2.33 bits per heavy atom. The third kappa shape index (κ3) is 3.51. The van der Waals surface area contributed by atoms with Crippen LogP contribution in [-0.4, -0.2) is 55.3 Å². The minimum atomic E-state index is -0.443. The zero-order chi connectivity index (χ0) is 12.8. The smallest absolute Gasteiger partial charge is 0.336 e. The van der Waals surface area contributed by atoms with E-state index in [1.54, 1.807) is 12.4 Å². The summed E-state index contributed by atoms with van der Waals surface area (Å²) in [5.74, 6) is -0.288. The lowest BCUT2D eigenvalue weighted by molar-refractivity contribution is -0.159. The number of nitrogens with zero attached hydrogens (tertiary/aromatic N) is 2. The van der Waals surface area contributed by atoms with Crippen LogP contribution < -0.4 is 0 Å². The highest BCUT2D eigenvalue weighted by molar-refractivity contribution is 5.74. The molecule has 5 nitrogen and oxygen atoms in total. The van der Waals surface area contributed by atoms with Gasteiger partial charge in [0, 0.05) is 32.0 Å². The largest absolute Gasteiger partial charge is 0.467 e. The highest BCUT2D eigenvalue weighted by atomic mass is 16.6. The first-order chi connectivity index (χ1) is 8.79. The zero-order valence-corrected chi connectivity index (χ0v) is 10.5. The van der Waals surface area contributed by atoms with Gasteiger partial charge in [0.1, 0.15) is 0 Å². The fourth-order valence-corrected chi connectivity index (χ4v) is 2.02. The van der Waals surface area contributed by atoms with Crippen molar-refractivity contribution >= 4 is 5.97 Å². The molecule has 0 aromatic carbocycles. The summed E-state index contributed by atoms with van der Waals surface area (Å²) in [5, 5.41) is 0. The topological polar surface area (TPSA) is 51.7 Å². The molecule has 1 aromatic heterocycles. The maximum absolute atomic E-state index is 11.4. The number of ether oxygens (including phenoxy) is 2. The van der Waals surface area contributed by atoms with Crippen LogP contribution in [0.15, 0.2) is 24.5 Å². The summed E-state index contributed by atoms with van der Waals surface area (Å²) in [6.45, 7) is 2.97. The molecule has 0 saturated carbocycles. The number of hydrogen-bond acceptors (Lipinski definition) is 5. The fraction of sp³-hybridized carbons (Fsp3) is 0.538. The van der Waals surface area contributed by atoms with Crippen LogP contribution in [0.4, 0.5) is 0 Å². The molecule has 1 unspecified atom stereocenters. The Bertz CT molecular complexity index is 383. The van der Waals surface area contributed by atoms with E-state index in [0.717, 1.165) is 19.5 Å². The van der Waals surface area contributed by atoms with Crippen molar-refractivity contribution in [2.75, 3.05) is 33.4 Å². The van der Waals surface area contributed by atoms with Crippen LogP contribution >= 0.6 is 0 Å². The highest BCUT2D eigenvalue weighted by Crippen LogP contribution is 2.08. The van der Waals surface area contributed by atoms with Crippen LogP contribution in [0.25, 0.3) is 0 Å². The minimum absolute atomic E-state index is 0.288. The van der Waals surface area contributed by atoms with Gasteiger partial charge in [0.15, 0.2) is 6.10 Å². The molecule has 1 aromatic rings. The van der Waals surface area contributed by atoms with Gasteiger partial charge in [-0.1, -0.05) is 0 Å². The molecule has 1 saturated heterocycles. The first-order valence-corrected chi connectivity index (χ1v) is 6.10. The third-order valence-corrected chi connectivity index (χ3v) is 3.08. The van der Waals surface area contributed by atoms with Crippen molar-refractivity contribution < 1.29 is 14.3 Å². The van der Waals surface area contributed by atoms with Crippen molar-refractivity contribution in [3.63, 3.8) is 0 Å². The second-order valence-corrected chi connectivity index (χ2v) is 4.29. The molecular weight excluding hydrogens is 232 g/mol. The molecule has 1 aliphatic heterocycles. The van der Waals surface area contributed by atoms with Gasteiger partial charge in [-0.15, -0.1) is 0 Å². The number of carbonyl (C=O) groups is 1. The Hall–Kier alpha value is -1.46. The normalized spacial score (nSPS) is 20.6. The number of hydrogen-bond donors (Lipinski definition) is 0. The van der Waals surface area contributed by atoms with Crippen molar-refractivity contribution in [1.82, 2.24) is 9.88 Å². The van der Waals surface area contributed by atoms with Crippen LogP contribution in [0.3, 0.4) is 0 Å². The number of aromatic nitrogens is 1. The van der Waals surface area contributed by atoms with Gasteiger partial charge >= 0.3 is 5.97 Å². The quantitative estimate of drug-likeness (QED) is 0.728. The lowest BCUT2D eigenvalue weighted by atomic mass is 10.2. The van der Waals surface area contributed by atoms with Gasteiger partial charge in [-0.2, -0.15) is 0 Å². The third-order valence-electron chi connectivity index (χ3n) is 3.08. The molecule has 2 heterocycles. The Morgan fingerprint density at radius 1 is 1.56 bits per heavy atom. The number of pyridine rings is 1. The molecule has 1 aliphatic rings. The standard InChI is InChI=1S/C13H18N2O3/c1-17-13(16)12-10-15(8-9-18-12)7-4-11-2-5-14-6-3-11/h2-3,5-6,12H,4,7-10H2,1H3. The Labute approximate surface area is 107 Å². The Kier molecular flexibility index (Phi) is 4.66. The van der Waals surface area contributed by atoms with E-state index in [1.807, 2.05) is 12.1 Å². The summed E-state index contributed by atoms with van der Waals surface area (Å²) in [6.07, 6.45) is 4.11. The average Bonchev–Trinajstić information content (AvgIpc) is 2.45. The van der Waals surface area contributed by atoms with Crippen molar-refractivity contribution in [1.29, 1.82) is 0 Å². The molecular formula is C13H18N2O3. The predicted molar refractivity (Wildman–Crippen MR) is 66.1 cm³/mol. The molecule has 2 rings (SSSR count). The van der Waals surface area contributed by atoms with Crippen LogP contribution in [-0.2, 0) is 20.7 Å². The van der Waals surface area contributed by atoms with Crippen LogP contribution in [0.1, 0.15) is 5.56 Å². The second kappa shape index (κ2) is 6.47. The molecule has 0 spiro atoms. The molecule has 0 N–H and O–H groups in total. The van der Waals surface area contributed by atoms with Gasteiger partial charge in [0.2, 0.25) is 0 Å². The van der Waals surface area contributed by atoms with Gasteiger partial charge in [-0.3, -0.25) is 9.88 Å². The number of esters is 1. The van der Waals surface area contributed by atoms with Gasteiger partial charge in [-0.25, -0.2) is 4.79 Å². The molecule has 1 atom stereocenters. The average molecular weight is 250 g/mol. The predicted octanol–water partition coefficient (Wildman–Crippen LogP) is 0.498. The van der Waals surface area contributed by atoms with Gasteiger partial charge < -0.3 is 9.47 Å². The monoisotopic (exact) mass is 250 g/mol. The number of rotatable bonds is 4. The number of morpholine rings is 1. The molecule has 0 bridgehead atoms. The number of methoxy groups -OCH3 is 1. The lowest BCUT2D eigenvalue weighted by Gasteiger charge is -2.31. The summed E-state index contributed by atoms with van der Waals surface area (Å²) >= 11 is 0. The summed E-state index contributed by atoms with van der Waals surface area (Å²) in [6, 6.07) is 4.02. The molecule has 5 heteroatoms. The molecule has 98 valence electrons. The molecule has 0 radical (unpaired) electrons.